The molecule has 1 aromatic heterocycles. The topological polar surface area (TPSA) is 73.1 Å². The lowest BCUT2D eigenvalue weighted by Gasteiger charge is -2.20. The van der Waals surface area contributed by atoms with Crippen molar-refractivity contribution in [3.63, 3.8) is 0 Å². The molecule has 5 nitrogen and oxygen atoms in total. The predicted octanol–water partition coefficient (Wildman–Crippen LogP) is 3.80. The van der Waals surface area contributed by atoms with Gasteiger partial charge in [0.15, 0.2) is 0 Å². The Bertz CT molecular complexity index is 429. The summed E-state index contributed by atoms with van der Waals surface area (Å²) in [6, 6.07) is 1.75. The van der Waals surface area contributed by atoms with Gasteiger partial charge in [0.1, 0.15) is 11.6 Å². The molecule has 0 amide bonds. The van der Waals surface area contributed by atoms with Gasteiger partial charge in [-0.2, -0.15) is 4.98 Å². The SMILES string of the molecule is CCCCCCC(C)Oc1cc(NN)nc(C(C)(C)C)n1. The summed E-state index contributed by atoms with van der Waals surface area (Å²) in [6.07, 6.45) is 6.18. The van der Waals surface area contributed by atoms with Gasteiger partial charge in [-0.05, 0) is 19.8 Å². The number of nitrogens with zero attached hydrogens (tertiary/aromatic N) is 2. The maximum atomic E-state index is 5.93. The zero-order valence-corrected chi connectivity index (χ0v) is 14.1. The van der Waals surface area contributed by atoms with Crippen molar-refractivity contribution >= 4 is 5.82 Å². The molecule has 1 unspecified atom stereocenters. The molecule has 1 atom stereocenters. The molecule has 1 rings (SSSR count). The number of unbranched alkanes of at least 4 members (excludes halogenated alkanes) is 3. The number of nitrogen functional groups attached to an aromatic ring is 1. The van der Waals surface area contributed by atoms with E-state index in [0.29, 0.717) is 11.7 Å². The Morgan fingerprint density at radius 2 is 1.95 bits per heavy atom. The van der Waals surface area contributed by atoms with Crippen molar-refractivity contribution in [1.29, 1.82) is 0 Å². The van der Waals surface area contributed by atoms with Crippen LogP contribution in [0.5, 0.6) is 5.88 Å². The molecule has 0 aliphatic heterocycles. The molecule has 0 fully saturated rings. The molecule has 21 heavy (non-hydrogen) atoms. The van der Waals surface area contributed by atoms with Crippen molar-refractivity contribution in [1.82, 2.24) is 9.97 Å². The van der Waals surface area contributed by atoms with Crippen molar-refractivity contribution < 1.29 is 4.74 Å². The first-order valence-corrected chi connectivity index (χ1v) is 7.89. The summed E-state index contributed by atoms with van der Waals surface area (Å²) in [7, 11) is 0. The fraction of sp³-hybridized carbons (Fsp3) is 0.750. The van der Waals surface area contributed by atoms with E-state index in [4.69, 9.17) is 10.6 Å². The monoisotopic (exact) mass is 294 g/mol. The smallest absolute Gasteiger partial charge is 0.219 e. The number of hydrazine groups is 1. The van der Waals surface area contributed by atoms with Crippen LogP contribution in [0.15, 0.2) is 6.07 Å². The standard InChI is InChI=1S/C16H30N4O/c1-6-7-8-9-10-12(2)21-14-11-13(20-17)18-15(19-14)16(3,4)5/h11-12H,6-10,17H2,1-5H3,(H,18,19,20). The van der Waals surface area contributed by atoms with Gasteiger partial charge in [0.05, 0.1) is 6.10 Å². The number of ether oxygens (including phenoxy) is 1. The van der Waals surface area contributed by atoms with E-state index < -0.39 is 0 Å². The van der Waals surface area contributed by atoms with Gasteiger partial charge >= 0.3 is 0 Å². The Labute approximate surface area is 128 Å². The van der Waals surface area contributed by atoms with E-state index in [9.17, 15) is 0 Å². The van der Waals surface area contributed by atoms with Gasteiger partial charge in [-0.25, -0.2) is 10.8 Å². The highest BCUT2D eigenvalue weighted by atomic mass is 16.5. The molecule has 0 aliphatic carbocycles. The molecule has 0 saturated carbocycles. The van der Waals surface area contributed by atoms with Crippen molar-refractivity contribution in [2.24, 2.45) is 5.84 Å². The van der Waals surface area contributed by atoms with Crippen LogP contribution in [-0.4, -0.2) is 16.1 Å². The Hall–Kier alpha value is -1.36. The first kappa shape index (κ1) is 17.7. The third-order valence-corrected chi connectivity index (χ3v) is 3.31. The van der Waals surface area contributed by atoms with Gasteiger partial charge < -0.3 is 10.2 Å². The van der Waals surface area contributed by atoms with Crippen LogP contribution in [0.25, 0.3) is 0 Å². The highest BCUT2D eigenvalue weighted by Crippen LogP contribution is 2.24. The number of anilines is 1. The van der Waals surface area contributed by atoms with E-state index in [1.165, 1.54) is 25.7 Å². The molecule has 3 N–H and O–H groups in total. The van der Waals surface area contributed by atoms with Gasteiger partial charge in [0.25, 0.3) is 0 Å². The van der Waals surface area contributed by atoms with Gasteiger partial charge in [-0.15, -0.1) is 0 Å². The molecular weight excluding hydrogens is 264 g/mol. The fourth-order valence-electron chi connectivity index (χ4n) is 2.02. The number of aromatic nitrogens is 2. The third kappa shape index (κ3) is 6.29. The summed E-state index contributed by atoms with van der Waals surface area (Å²) in [4.78, 5) is 8.90. The molecule has 0 spiro atoms. The third-order valence-electron chi connectivity index (χ3n) is 3.31. The molecular formula is C16H30N4O. The molecule has 0 saturated heterocycles. The van der Waals surface area contributed by atoms with E-state index in [1.807, 2.05) is 0 Å². The number of nitrogens with one attached hydrogen (secondary N) is 1. The molecule has 5 heteroatoms. The molecule has 120 valence electrons. The predicted molar refractivity (Wildman–Crippen MR) is 87.4 cm³/mol. The van der Waals surface area contributed by atoms with Crippen molar-refractivity contribution in [2.75, 3.05) is 5.43 Å². The van der Waals surface area contributed by atoms with Crippen LogP contribution < -0.4 is 16.0 Å². The number of hydrogen-bond acceptors (Lipinski definition) is 5. The number of nitrogens with two attached hydrogens (primary N) is 1. The molecule has 0 bridgehead atoms. The zero-order valence-electron chi connectivity index (χ0n) is 14.1. The lowest BCUT2D eigenvalue weighted by molar-refractivity contribution is 0.196. The minimum absolute atomic E-state index is 0.144. The van der Waals surface area contributed by atoms with Gasteiger partial charge in [0.2, 0.25) is 5.88 Å². The lowest BCUT2D eigenvalue weighted by Crippen LogP contribution is -2.21. The highest BCUT2D eigenvalue weighted by Gasteiger charge is 2.20. The van der Waals surface area contributed by atoms with E-state index in [-0.39, 0.29) is 11.5 Å². The highest BCUT2D eigenvalue weighted by molar-refractivity contribution is 5.38. The quantitative estimate of drug-likeness (QED) is 0.433. The van der Waals surface area contributed by atoms with Gasteiger partial charge in [0, 0.05) is 11.5 Å². The van der Waals surface area contributed by atoms with E-state index in [1.54, 1.807) is 6.07 Å². The minimum Gasteiger partial charge on any atom is -0.475 e. The average molecular weight is 294 g/mol. The Kier molecular flexibility index (Phi) is 6.89. The number of rotatable bonds is 8. The Morgan fingerprint density at radius 1 is 1.24 bits per heavy atom. The van der Waals surface area contributed by atoms with Crippen LogP contribution in [0.1, 0.15) is 72.5 Å². The van der Waals surface area contributed by atoms with Gasteiger partial charge in [-0.3, -0.25) is 0 Å². The molecule has 0 radical (unpaired) electrons. The van der Waals surface area contributed by atoms with E-state index in [2.05, 4.69) is 50.0 Å². The van der Waals surface area contributed by atoms with Crippen LogP contribution in [0, 0.1) is 0 Å². The first-order chi connectivity index (χ1) is 9.86. The zero-order chi connectivity index (χ0) is 15.9. The van der Waals surface area contributed by atoms with Crippen molar-refractivity contribution in [3.05, 3.63) is 11.9 Å². The fourth-order valence-corrected chi connectivity index (χ4v) is 2.02. The Morgan fingerprint density at radius 3 is 2.52 bits per heavy atom. The summed E-state index contributed by atoms with van der Waals surface area (Å²) in [5, 5.41) is 0. The summed E-state index contributed by atoms with van der Waals surface area (Å²) in [6.45, 7) is 10.5. The maximum absolute atomic E-state index is 5.93. The maximum Gasteiger partial charge on any atom is 0.219 e. The van der Waals surface area contributed by atoms with E-state index in [0.717, 1.165) is 12.2 Å². The van der Waals surface area contributed by atoms with E-state index >= 15 is 0 Å². The van der Waals surface area contributed by atoms with Crippen LogP contribution in [0.3, 0.4) is 0 Å². The molecule has 0 aromatic carbocycles. The Balaban J connectivity index is 2.69. The lowest BCUT2D eigenvalue weighted by atomic mass is 9.96. The second-order valence-corrected chi connectivity index (χ2v) is 6.59. The van der Waals surface area contributed by atoms with Crippen LogP contribution in [0.2, 0.25) is 0 Å². The van der Waals surface area contributed by atoms with Gasteiger partial charge in [-0.1, -0.05) is 47.0 Å². The summed E-state index contributed by atoms with van der Waals surface area (Å²) in [5.41, 5.74) is 2.44. The van der Waals surface area contributed by atoms with Crippen molar-refractivity contribution in [3.8, 4) is 5.88 Å². The largest absolute Gasteiger partial charge is 0.475 e. The summed E-state index contributed by atoms with van der Waals surface area (Å²) < 4.78 is 5.93. The molecule has 0 aliphatic rings. The molecule has 1 heterocycles. The summed E-state index contributed by atoms with van der Waals surface area (Å²) in [5.74, 6) is 7.38. The molecule has 1 aromatic rings. The second-order valence-electron chi connectivity index (χ2n) is 6.59. The second kappa shape index (κ2) is 8.17. The summed E-state index contributed by atoms with van der Waals surface area (Å²) >= 11 is 0. The first-order valence-electron chi connectivity index (χ1n) is 7.89. The normalized spacial score (nSPS) is 13.0. The van der Waals surface area contributed by atoms with Crippen LogP contribution >= 0.6 is 0 Å². The minimum atomic E-state index is -0.144. The van der Waals surface area contributed by atoms with Crippen molar-refractivity contribution in [2.45, 2.75) is 78.2 Å². The van der Waals surface area contributed by atoms with Crippen LogP contribution in [0.4, 0.5) is 5.82 Å². The average Bonchev–Trinajstić information content (AvgIpc) is 2.42. The van der Waals surface area contributed by atoms with Crippen LogP contribution in [-0.2, 0) is 5.41 Å². The number of hydrogen-bond donors (Lipinski definition) is 2.